The highest BCUT2D eigenvalue weighted by atomic mass is 19.4. The maximum atomic E-state index is 12.5. The van der Waals surface area contributed by atoms with Crippen LogP contribution < -0.4 is 4.74 Å². The van der Waals surface area contributed by atoms with Crippen LogP contribution in [-0.2, 0) is 9.59 Å². The molecule has 2 aliphatic rings. The van der Waals surface area contributed by atoms with E-state index in [1.165, 1.54) is 13.2 Å². The van der Waals surface area contributed by atoms with Crippen LogP contribution in [0.2, 0.25) is 0 Å². The van der Waals surface area contributed by atoms with Gasteiger partial charge in [0.25, 0.3) is 11.8 Å². The van der Waals surface area contributed by atoms with E-state index in [2.05, 4.69) is 10.1 Å². The second kappa shape index (κ2) is 9.32. The zero-order valence-electron chi connectivity index (χ0n) is 16.7. The lowest BCUT2D eigenvalue weighted by molar-refractivity contribution is -0.192. The van der Waals surface area contributed by atoms with Gasteiger partial charge in [-0.3, -0.25) is 9.59 Å². The van der Waals surface area contributed by atoms with Gasteiger partial charge in [-0.15, -0.1) is 0 Å². The van der Waals surface area contributed by atoms with Crippen LogP contribution >= 0.6 is 0 Å². The molecule has 2 amide bonds. The largest absolute Gasteiger partial charge is 0.490 e. The molecule has 1 aromatic heterocycles. The van der Waals surface area contributed by atoms with Crippen molar-refractivity contribution in [2.75, 3.05) is 53.9 Å². The summed E-state index contributed by atoms with van der Waals surface area (Å²) < 4.78 is 41.7. The van der Waals surface area contributed by atoms with Crippen LogP contribution in [0.4, 0.5) is 13.2 Å². The maximum absolute atomic E-state index is 12.5. The van der Waals surface area contributed by atoms with E-state index in [1.807, 2.05) is 19.0 Å². The van der Waals surface area contributed by atoms with Gasteiger partial charge in [0.05, 0.1) is 19.1 Å². The Bertz CT molecular complexity index is 782. The molecule has 1 N–H and O–H groups in total. The number of carboxylic acid groups (broad SMARTS) is 1. The van der Waals surface area contributed by atoms with Crippen LogP contribution in [0, 0.1) is 11.8 Å². The first-order chi connectivity index (χ1) is 13.9. The van der Waals surface area contributed by atoms with Crippen molar-refractivity contribution >= 4 is 17.8 Å². The second-order valence-electron chi connectivity index (χ2n) is 7.20. The molecule has 2 aliphatic heterocycles. The van der Waals surface area contributed by atoms with Gasteiger partial charge in [0.1, 0.15) is 0 Å². The number of carboxylic acids is 1. The molecule has 13 heteroatoms. The van der Waals surface area contributed by atoms with Gasteiger partial charge in [0, 0.05) is 38.6 Å². The number of amides is 2. The molecule has 30 heavy (non-hydrogen) atoms. The number of aromatic nitrogens is 1. The Balaban J connectivity index is 0.000000396. The predicted octanol–water partition coefficient (Wildman–Crippen LogP) is 0.409. The normalized spacial score (nSPS) is 20.8. The Morgan fingerprint density at radius 1 is 1.33 bits per heavy atom. The van der Waals surface area contributed by atoms with Gasteiger partial charge >= 0.3 is 12.1 Å². The fourth-order valence-corrected chi connectivity index (χ4v) is 3.24. The molecule has 1 aromatic rings. The molecule has 2 unspecified atom stereocenters. The number of nitrogens with zero attached hydrogens (tertiary/aromatic N) is 4. The van der Waals surface area contributed by atoms with Crippen molar-refractivity contribution in [3.05, 3.63) is 11.8 Å². The van der Waals surface area contributed by atoms with E-state index in [1.54, 1.807) is 4.90 Å². The Morgan fingerprint density at radius 2 is 1.97 bits per heavy atom. The highest BCUT2D eigenvalue weighted by Gasteiger charge is 2.47. The zero-order valence-corrected chi connectivity index (χ0v) is 16.7. The first-order valence-electron chi connectivity index (χ1n) is 8.97. The van der Waals surface area contributed by atoms with Crippen LogP contribution in [0.15, 0.2) is 10.6 Å². The third-order valence-electron chi connectivity index (χ3n) is 4.78. The minimum Gasteiger partial charge on any atom is -0.479 e. The van der Waals surface area contributed by atoms with Crippen molar-refractivity contribution < 1.29 is 41.9 Å². The molecule has 0 saturated carbocycles. The first kappa shape index (κ1) is 23.4. The number of likely N-dealkylation sites (N-methyl/N-ethyl adjacent to an activating group) is 1. The van der Waals surface area contributed by atoms with Crippen molar-refractivity contribution in [2.24, 2.45) is 11.8 Å². The van der Waals surface area contributed by atoms with Crippen LogP contribution in [0.1, 0.15) is 10.6 Å². The number of carbonyl (C=O) groups is 3. The lowest BCUT2D eigenvalue weighted by Gasteiger charge is -2.22. The smallest absolute Gasteiger partial charge is 0.479 e. The molecule has 0 spiro atoms. The number of alkyl halides is 3. The quantitative estimate of drug-likeness (QED) is 0.706. The summed E-state index contributed by atoms with van der Waals surface area (Å²) in [6.45, 7) is 3.35. The molecule has 3 rings (SSSR count). The number of aliphatic carboxylic acids is 1. The van der Waals surface area contributed by atoms with E-state index in [0.717, 1.165) is 19.6 Å². The molecule has 0 radical (unpaired) electrons. The number of likely N-dealkylation sites (tertiary alicyclic amines) is 2. The van der Waals surface area contributed by atoms with Gasteiger partial charge in [-0.2, -0.15) is 13.2 Å². The summed E-state index contributed by atoms with van der Waals surface area (Å²) in [6.07, 6.45) is -5.08. The van der Waals surface area contributed by atoms with Gasteiger partial charge in [0.15, 0.2) is 0 Å². The van der Waals surface area contributed by atoms with Gasteiger partial charge in [-0.1, -0.05) is 0 Å². The number of ether oxygens (including phenoxy) is 1. The van der Waals surface area contributed by atoms with Crippen LogP contribution in [0.5, 0.6) is 5.88 Å². The lowest BCUT2D eigenvalue weighted by atomic mass is 10.0. The van der Waals surface area contributed by atoms with Crippen molar-refractivity contribution in [3.8, 4) is 5.88 Å². The molecule has 0 aromatic carbocycles. The molecule has 2 saturated heterocycles. The van der Waals surface area contributed by atoms with Crippen LogP contribution in [0.25, 0.3) is 0 Å². The Kier molecular flexibility index (Phi) is 7.29. The Labute approximate surface area is 170 Å². The molecule has 2 atom stereocenters. The predicted molar refractivity (Wildman–Crippen MR) is 94.8 cm³/mol. The summed E-state index contributed by atoms with van der Waals surface area (Å²) in [6, 6.07) is 1.47. The summed E-state index contributed by atoms with van der Waals surface area (Å²) in [5, 5.41) is 10.8. The first-order valence-corrected chi connectivity index (χ1v) is 8.97. The van der Waals surface area contributed by atoms with Crippen molar-refractivity contribution in [1.82, 2.24) is 19.9 Å². The van der Waals surface area contributed by atoms with E-state index >= 15 is 0 Å². The SMILES string of the molecule is COc1cc(C(=O)N2CC3CN(CCN(C)C)C(=O)C3C2)on1.O=C(O)C(F)(F)F. The molecule has 2 fully saturated rings. The summed E-state index contributed by atoms with van der Waals surface area (Å²) in [5.41, 5.74) is 0. The van der Waals surface area contributed by atoms with E-state index < -0.39 is 12.1 Å². The zero-order chi connectivity index (χ0) is 22.6. The third-order valence-corrected chi connectivity index (χ3v) is 4.78. The lowest BCUT2D eigenvalue weighted by Crippen LogP contribution is -2.38. The average molecular weight is 436 g/mol. The molecule has 0 aliphatic carbocycles. The highest BCUT2D eigenvalue weighted by Crippen LogP contribution is 2.33. The Morgan fingerprint density at radius 3 is 2.43 bits per heavy atom. The molecule has 10 nitrogen and oxygen atoms in total. The fourth-order valence-electron chi connectivity index (χ4n) is 3.24. The maximum Gasteiger partial charge on any atom is 0.490 e. The van der Waals surface area contributed by atoms with E-state index in [9.17, 15) is 22.8 Å². The van der Waals surface area contributed by atoms with E-state index in [0.29, 0.717) is 13.1 Å². The monoisotopic (exact) mass is 436 g/mol. The molecule has 168 valence electrons. The Hall–Kier alpha value is -2.83. The topological polar surface area (TPSA) is 116 Å². The molecule has 0 bridgehead atoms. The number of hydrogen-bond acceptors (Lipinski definition) is 7. The van der Waals surface area contributed by atoms with E-state index in [-0.39, 0.29) is 35.3 Å². The molecular formula is C17H23F3N4O6. The molecular weight excluding hydrogens is 413 g/mol. The fraction of sp³-hybridized carbons (Fsp3) is 0.647. The van der Waals surface area contributed by atoms with Gasteiger partial charge in [-0.25, -0.2) is 4.79 Å². The summed E-state index contributed by atoms with van der Waals surface area (Å²) in [4.78, 5) is 39.4. The summed E-state index contributed by atoms with van der Waals surface area (Å²) >= 11 is 0. The molecule has 3 heterocycles. The minimum atomic E-state index is -5.08. The summed E-state index contributed by atoms with van der Waals surface area (Å²) in [5.74, 6) is -2.29. The number of halogens is 3. The number of rotatable bonds is 5. The number of hydrogen-bond donors (Lipinski definition) is 1. The van der Waals surface area contributed by atoms with Crippen LogP contribution in [0.3, 0.4) is 0 Å². The number of fused-ring (bicyclic) bond motifs is 1. The number of carbonyl (C=O) groups excluding carboxylic acids is 2. The average Bonchev–Trinajstić information content (AvgIpc) is 3.35. The standard InChI is InChI=1S/C15H22N4O4.C2HF3O2/c1-17(2)4-5-18-7-10-8-19(9-11(10)14(18)20)15(21)12-6-13(22-3)16-23-12;3-2(4,5)1(6)7/h6,10-11H,4-5,7-9H2,1-3H3;(H,6,7). The van der Waals surface area contributed by atoms with Gasteiger partial charge < -0.3 is 29.1 Å². The van der Waals surface area contributed by atoms with Crippen molar-refractivity contribution in [3.63, 3.8) is 0 Å². The summed E-state index contributed by atoms with van der Waals surface area (Å²) in [7, 11) is 5.45. The highest BCUT2D eigenvalue weighted by molar-refractivity contribution is 5.93. The van der Waals surface area contributed by atoms with Gasteiger partial charge in [-0.05, 0) is 19.3 Å². The van der Waals surface area contributed by atoms with Gasteiger partial charge in [0.2, 0.25) is 11.7 Å². The van der Waals surface area contributed by atoms with Crippen LogP contribution in [-0.4, -0.2) is 103 Å². The third kappa shape index (κ3) is 5.62. The van der Waals surface area contributed by atoms with E-state index in [4.69, 9.17) is 19.2 Å². The minimum absolute atomic E-state index is 0.0917. The number of methoxy groups -OCH3 is 1. The second-order valence-corrected chi connectivity index (χ2v) is 7.20. The van der Waals surface area contributed by atoms with Crippen molar-refractivity contribution in [1.29, 1.82) is 0 Å². The van der Waals surface area contributed by atoms with Crippen molar-refractivity contribution in [2.45, 2.75) is 6.18 Å².